The minimum Gasteiger partial charge on any atom is -0.360 e. The van der Waals surface area contributed by atoms with Crippen LogP contribution in [0.2, 0.25) is 0 Å². The van der Waals surface area contributed by atoms with Crippen molar-refractivity contribution >= 4 is 28.3 Å². The van der Waals surface area contributed by atoms with Crippen LogP contribution in [0.25, 0.3) is 10.9 Å². The zero-order valence-corrected chi connectivity index (χ0v) is 18.5. The van der Waals surface area contributed by atoms with Gasteiger partial charge in [-0.15, -0.1) is 0 Å². The minimum atomic E-state index is -0.544. The molecule has 3 aromatic carbocycles. The van der Waals surface area contributed by atoms with E-state index in [0.717, 1.165) is 22.3 Å². The van der Waals surface area contributed by atoms with Crippen LogP contribution in [0.4, 0.5) is 11.5 Å². The Bertz CT molecular complexity index is 1320. The van der Waals surface area contributed by atoms with E-state index in [-0.39, 0.29) is 23.6 Å². The highest BCUT2D eigenvalue weighted by molar-refractivity contribution is 6.11. The van der Waals surface area contributed by atoms with Gasteiger partial charge >= 0.3 is 5.69 Å². The number of aryl methyl sites for hydroxylation is 2. The predicted octanol–water partition coefficient (Wildman–Crippen LogP) is 5.30. The molecule has 0 aliphatic carbocycles. The molecule has 0 bridgehead atoms. The Morgan fingerprint density at radius 2 is 1.45 bits per heavy atom. The topological polar surface area (TPSA) is 97.2 Å². The van der Waals surface area contributed by atoms with Crippen LogP contribution in [0, 0.1) is 24.0 Å². The van der Waals surface area contributed by atoms with Gasteiger partial charge in [0.1, 0.15) is 5.56 Å². The molecule has 0 saturated heterocycles. The monoisotopic (exact) mass is 440 g/mol. The summed E-state index contributed by atoms with van der Waals surface area (Å²) in [7, 11) is 0. The number of nitrogens with one attached hydrogen (secondary N) is 2. The molecule has 7 heteroatoms. The van der Waals surface area contributed by atoms with Crippen molar-refractivity contribution in [3.05, 3.63) is 111 Å². The maximum atomic E-state index is 13.2. The lowest BCUT2D eigenvalue weighted by Gasteiger charge is -2.13. The largest absolute Gasteiger partial charge is 0.360 e. The Morgan fingerprint density at radius 1 is 0.879 bits per heavy atom. The Hall–Kier alpha value is -4.26. The smallest absolute Gasteiger partial charge is 0.324 e. The molecule has 0 radical (unpaired) electrons. The number of carbonyl (C=O) groups excluding carboxylic acids is 1. The molecule has 0 spiro atoms. The number of amides is 1. The van der Waals surface area contributed by atoms with Gasteiger partial charge in [-0.1, -0.05) is 77.9 Å². The number of pyridine rings is 1. The molecule has 0 atom stereocenters. The lowest BCUT2D eigenvalue weighted by atomic mass is 10.1. The highest BCUT2D eigenvalue weighted by atomic mass is 16.6. The fourth-order valence-electron chi connectivity index (χ4n) is 3.60. The summed E-state index contributed by atoms with van der Waals surface area (Å²) in [4.78, 5) is 29.2. The van der Waals surface area contributed by atoms with Gasteiger partial charge < -0.3 is 10.6 Å². The summed E-state index contributed by atoms with van der Waals surface area (Å²) in [5.74, 6) is -0.445. The van der Waals surface area contributed by atoms with Gasteiger partial charge in [-0.25, -0.2) is 4.98 Å². The van der Waals surface area contributed by atoms with Gasteiger partial charge in [-0.3, -0.25) is 14.9 Å². The third-order valence-electron chi connectivity index (χ3n) is 5.43. The van der Waals surface area contributed by atoms with Crippen molar-refractivity contribution in [1.29, 1.82) is 0 Å². The van der Waals surface area contributed by atoms with Gasteiger partial charge in [0, 0.05) is 18.5 Å². The molecule has 0 unspecified atom stereocenters. The van der Waals surface area contributed by atoms with Crippen molar-refractivity contribution in [2.24, 2.45) is 0 Å². The average molecular weight is 441 g/mol. The van der Waals surface area contributed by atoms with Gasteiger partial charge in [0.2, 0.25) is 5.82 Å². The van der Waals surface area contributed by atoms with E-state index in [1.54, 1.807) is 24.3 Å². The standard InChI is InChI=1S/C26H24N4O3/c1-17-7-11-19(12-8-17)15-27-25-24(30(32)33)23(21-5-3-4-6-22(21)29-25)26(31)28-16-20-13-9-18(2)10-14-20/h3-14H,15-16H2,1-2H3,(H,27,29)(H,28,31). The van der Waals surface area contributed by atoms with Crippen molar-refractivity contribution < 1.29 is 9.72 Å². The van der Waals surface area contributed by atoms with Crippen LogP contribution >= 0.6 is 0 Å². The Kier molecular flexibility index (Phi) is 6.31. The molecular weight excluding hydrogens is 416 g/mol. The summed E-state index contributed by atoms with van der Waals surface area (Å²) in [6, 6.07) is 22.6. The van der Waals surface area contributed by atoms with Gasteiger partial charge in [-0.05, 0) is 31.0 Å². The van der Waals surface area contributed by atoms with Crippen LogP contribution in [0.15, 0.2) is 72.8 Å². The maximum Gasteiger partial charge on any atom is 0.324 e. The molecule has 4 aromatic rings. The second-order valence-electron chi connectivity index (χ2n) is 7.97. The molecule has 0 aliphatic rings. The summed E-state index contributed by atoms with van der Waals surface area (Å²) in [6.45, 7) is 4.59. The number of para-hydroxylation sites is 1. The first-order valence-electron chi connectivity index (χ1n) is 10.6. The number of nitro groups is 1. The third kappa shape index (κ3) is 4.98. The zero-order valence-electron chi connectivity index (χ0n) is 18.5. The van der Waals surface area contributed by atoms with Gasteiger partial charge in [0.25, 0.3) is 5.91 Å². The number of hydrogen-bond donors (Lipinski definition) is 2. The summed E-state index contributed by atoms with van der Waals surface area (Å²) < 4.78 is 0. The highest BCUT2D eigenvalue weighted by Crippen LogP contribution is 2.33. The van der Waals surface area contributed by atoms with Crippen molar-refractivity contribution in [2.75, 3.05) is 5.32 Å². The summed E-state index contributed by atoms with van der Waals surface area (Å²) in [6.07, 6.45) is 0. The lowest BCUT2D eigenvalue weighted by Crippen LogP contribution is -2.24. The molecular formula is C26H24N4O3. The van der Waals surface area contributed by atoms with Crippen LogP contribution in [-0.2, 0) is 13.1 Å². The van der Waals surface area contributed by atoms with E-state index in [2.05, 4.69) is 15.6 Å². The average Bonchev–Trinajstić information content (AvgIpc) is 2.82. The van der Waals surface area contributed by atoms with Crippen LogP contribution in [0.1, 0.15) is 32.6 Å². The zero-order chi connectivity index (χ0) is 23.4. The Labute approximate surface area is 191 Å². The quantitative estimate of drug-likeness (QED) is 0.300. The molecule has 0 saturated carbocycles. The first-order chi connectivity index (χ1) is 15.9. The minimum absolute atomic E-state index is 0.00381. The van der Waals surface area contributed by atoms with Gasteiger partial charge in [0.15, 0.2) is 0 Å². The second kappa shape index (κ2) is 9.48. The van der Waals surface area contributed by atoms with E-state index in [1.165, 1.54) is 0 Å². The molecule has 0 fully saturated rings. The normalized spacial score (nSPS) is 10.7. The fraction of sp³-hybridized carbons (Fsp3) is 0.154. The number of carbonyl (C=O) groups is 1. The molecule has 7 nitrogen and oxygen atoms in total. The number of benzene rings is 3. The van der Waals surface area contributed by atoms with Crippen molar-refractivity contribution in [3.8, 4) is 0 Å². The number of rotatable bonds is 7. The molecule has 2 N–H and O–H groups in total. The number of aromatic nitrogens is 1. The van der Waals surface area contributed by atoms with Crippen LogP contribution < -0.4 is 10.6 Å². The molecule has 1 heterocycles. The van der Waals surface area contributed by atoms with E-state index in [4.69, 9.17) is 0 Å². The van der Waals surface area contributed by atoms with Crippen LogP contribution in [0.5, 0.6) is 0 Å². The molecule has 0 aliphatic heterocycles. The number of anilines is 1. The Morgan fingerprint density at radius 3 is 2.06 bits per heavy atom. The van der Waals surface area contributed by atoms with Crippen LogP contribution in [-0.4, -0.2) is 15.8 Å². The first-order valence-corrected chi connectivity index (χ1v) is 10.6. The first kappa shape index (κ1) is 22.0. The summed E-state index contributed by atoms with van der Waals surface area (Å²) in [5.41, 5.74) is 4.29. The van der Waals surface area contributed by atoms with E-state index in [0.29, 0.717) is 17.4 Å². The van der Waals surface area contributed by atoms with Gasteiger partial charge in [-0.2, -0.15) is 0 Å². The molecule has 166 valence electrons. The number of nitrogens with zero attached hydrogens (tertiary/aromatic N) is 2. The number of fused-ring (bicyclic) bond motifs is 1. The maximum absolute atomic E-state index is 13.2. The SMILES string of the molecule is Cc1ccc(CNC(=O)c2c([N+](=O)[O-])c(NCc3ccc(C)cc3)nc3ccccc23)cc1. The van der Waals surface area contributed by atoms with E-state index < -0.39 is 10.8 Å². The van der Waals surface area contributed by atoms with E-state index in [1.807, 2.05) is 62.4 Å². The third-order valence-corrected chi connectivity index (χ3v) is 5.43. The van der Waals surface area contributed by atoms with Crippen LogP contribution in [0.3, 0.4) is 0 Å². The fourth-order valence-corrected chi connectivity index (χ4v) is 3.60. The van der Waals surface area contributed by atoms with E-state index in [9.17, 15) is 14.9 Å². The number of hydrogen-bond acceptors (Lipinski definition) is 5. The Balaban J connectivity index is 1.70. The summed E-state index contributed by atoms with van der Waals surface area (Å²) >= 11 is 0. The van der Waals surface area contributed by atoms with Crippen molar-refractivity contribution in [3.63, 3.8) is 0 Å². The van der Waals surface area contributed by atoms with E-state index >= 15 is 0 Å². The second-order valence-corrected chi connectivity index (χ2v) is 7.97. The molecule has 33 heavy (non-hydrogen) atoms. The molecule has 1 amide bonds. The molecule has 4 rings (SSSR count). The van der Waals surface area contributed by atoms with Gasteiger partial charge in [0.05, 0.1) is 10.4 Å². The predicted molar refractivity (Wildman–Crippen MR) is 129 cm³/mol. The lowest BCUT2D eigenvalue weighted by molar-refractivity contribution is -0.384. The summed E-state index contributed by atoms with van der Waals surface area (Å²) in [5, 5.41) is 18.4. The van der Waals surface area contributed by atoms with Crippen molar-refractivity contribution in [1.82, 2.24) is 10.3 Å². The highest BCUT2D eigenvalue weighted by Gasteiger charge is 2.29. The van der Waals surface area contributed by atoms with Crippen molar-refractivity contribution in [2.45, 2.75) is 26.9 Å². The molecule has 1 aromatic heterocycles.